The molecule has 2 aromatic carbocycles. The van der Waals surface area contributed by atoms with Gasteiger partial charge in [-0.05, 0) is 65.7 Å². The number of carbonyl (C=O) groups is 1. The predicted octanol–water partition coefficient (Wildman–Crippen LogP) is 3.54. The smallest absolute Gasteiger partial charge is 0.265 e. The van der Waals surface area contributed by atoms with Crippen molar-refractivity contribution in [3.63, 3.8) is 0 Å². The zero-order valence-corrected chi connectivity index (χ0v) is 17.8. The molecule has 0 saturated heterocycles. The first-order valence-corrected chi connectivity index (χ1v) is 10.7. The molecular weight excluding hydrogens is 436 g/mol. The van der Waals surface area contributed by atoms with Gasteiger partial charge in [0.05, 0.1) is 23.5 Å². The third-order valence-corrected chi connectivity index (χ3v) is 4.73. The van der Waals surface area contributed by atoms with Crippen LogP contribution in [0.1, 0.15) is 12.5 Å². The Balaban J connectivity index is 2.13. The standard InChI is InChI=1S/C18H21BrN2O5S/c1-11-5-7-16(14(19)9-11)26-12(2)18(22)20-13-6-8-17(25-3)15(10-13)21-27(4,23)24/h5-10,12,21H,1-4H3,(H,20,22). The van der Waals surface area contributed by atoms with Crippen molar-refractivity contribution in [3.05, 3.63) is 46.4 Å². The lowest BCUT2D eigenvalue weighted by molar-refractivity contribution is -0.122. The molecule has 0 aliphatic carbocycles. The quantitative estimate of drug-likeness (QED) is 0.664. The molecule has 1 atom stereocenters. The Bertz CT molecular complexity index is 947. The largest absolute Gasteiger partial charge is 0.495 e. The zero-order chi connectivity index (χ0) is 20.2. The van der Waals surface area contributed by atoms with E-state index in [1.54, 1.807) is 25.1 Å². The Labute approximate surface area is 167 Å². The van der Waals surface area contributed by atoms with E-state index in [0.29, 0.717) is 17.2 Å². The highest BCUT2D eigenvalue weighted by Gasteiger charge is 2.17. The van der Waals surface area contributed by atoms with Crippen LogP contribution in [0.4, 0.5) is 11.4 Å². The Morgan fingerprint density at radius 2 is 1.81 bits per heavy atom. The molecule has 0 spiro atoms. The van der Waals surface area contributed by atoms with Crippen molar-refractivity contribution in [2.45, 2.75) is 20.0 Å². The van der Waals surface area contributed by atoms with Crippen LogP contribution in [0, 0.1) is 6.92 Å². The second-order valence-corrected chi connectivity index (χ2v) is 8.58. The van der Waals surface area contributed by atoms with Gasteiger partial charge in [-0.15, -0.1) is 0 Å². The van der Waals surface area contributed by atoms with Gasteiger partial charge in [0, 0.05) is 5.69 Å². The number of aryl methyl sites for hydroxylation is 1. The molecule has 9 heteroatoms. The van der Waals surface area contributed by atoms with Crippen molar-refractivity contribution in [2.24, 2.45) is 0 Å². The molecule has 0 aliphatic heterocycles. The Kier molecular flexibility index (Phi) is 6.72. The van der Waals surface area contributed by atoms with Gasteiger partial charge in [-0.1, -0.05) is 6.07 Å². The highest BCUT2D eigenvalue weighted by Crippen LogP contribution is 2.29. The summed E-state index contributed by atoms with van der Waals surface area (Å²) in [4.78, 5) is 12.4. The van der Waals surface area contributed by atoms with E-state index in [1.807, 2.05) is 19.1 Å². The molecule has 1 unspecified atom stereocenters. The van der Waals surface area contributed by atoms with Crippen LogP contribution in [-0.2, 0) is 14.8 Å². The number of nitrogens with one attached hydrogen (secondary N) is 2. The Morgan fingerprint density at radius 1 is 1.15 bits per heavy atom. The van der Waals surface area contributed by atoms with E-state index in [-0.39, 0.29) is 11.6 Å². The third kappa shape index (κ3) is 6.14. The molecule has 2 N–H and O–H groups in total. The lowest BCUT2D eigenvalue weighted by atomic mass is 10.2. The highest BCUT2D eigenvalue weighted by molar-refractivity contribution is 9.10. The van der Waals surface area contributed by atoms with Gasteiger partial charge in [0.25, 0.3) is 5.91 Å². The summed E-state index contributed by atoms with van der Waals surface area (Å²) >= 11 is 3.41. The van der Waals surface area contributed by atoms with Crippen LogP contribution in [0.2, 0.25) is 0 Å². The van der Waals surface area contributed by atoms with Gasteiger partial charge >= 0.3 is 0 Å². The number of amides is 1. The van der Waals surface area contributed by atoms with Gasteiger partial charge in [0.1, 0.15) is 11.5 Å². The van der Waals surface area contributed by atoms with Gasteiger partial charge in [-0.2, -0.15) is 0 Å². The number of benzene rings is 2. The summed E-state index contributed by atoms with van der Waals surface area (Å²) in [6.07, 6.45) is 0.268. The summed E-state index contributed by atoms with van der Waals surface area (Å²) in [5, 5.41) is 2.70. The maximum absolute atomic E-state index is 12.4. The number of rotatable bonds is 7. The summed E-state index contributed by atoms with van der Waals surface area (Å²) < 4.78 is 36.9. The first kappa shape index (κ1) is 21.0. The zero-order valence-electron chi connectivity index (χ0n) is 15.4. The van der Waals surface area contributed by atoms with Gasteiger partial charge < -0.3 is 14.8 Å². The molecule has 0 saturated carbocycles. The van der Waals surface area contributed by atoms with Crippen LogP contribution < -0.4 is 19.5 Å². The van der Waals surface area contributed by atoms with E-state index >= 15 is 0 Å². The van der Waals surface area contributed by atoms with E-state index in [2.05, 4.69) is 26.0 Å². The van der Waals surface area contributed by atoms with Gasteiger partial charge in [-0.25, -0.2) is 8.42 Å². The average molecular weight is 457 g/mol. The fourth-order valence-electron chi connectivity index (χ4n) is 2.25. The van der Waals surface area contributed by atoms with Crippen LogP contribution in [0.5, 0.6) is 11.5 Å². The number of halogens is 1. The number of hydrogen-bond acceptors (Lipinski definition) is 5. The molecule has 0 heterocycles. The summed E-state index contributed by atoms with van der Waals surface area (Å²) in [6.45, 7) is 3.58. The monoisotopic (exact) mass is 456 g/mol. The number of ether oxygens (including phenoxy) is 2. The van der Waals surface area contributed by atoms with E-state index in [0.717, 1.165) is 16.3 Å². The van der Waals surface area contributed by atoms with Crippen LogP contribution in [0.15, 0.2) is 40.9 Å². The first-order chi connectivity index (χ1) is 12.6. The molecule has 2 aromatic rings. The summed E-state index contributed by atoms with van der Waals surface area (Å²) in [5.41, 5.74) is 1.70. The van der Waals surface area contributed by atoms with E-state index in [4.69, 9.17) is 9.47 Å². The van der Waals surface area contributed by atoms with Crippen molar-refractivity contribution >= 4 is 43.2 Å². The summed E-state index contributed by atoms with van der Waals surface area (Å²) in [6, 6.07) is 10.2. The van der Waals surface area contributed by atoms with Gasteiger partial charge in [-0.3, -0.25) is 9.52 Å². The van der Waals surface area contributed by atoms with E-state index < -0.39 is 16.1 Å². The molecule has 146 valence electrons. The number of carbonyl (C=O) groups excluding carboxylic acids is 1. The number of anilines is 2. The van der Waals surface area contributed by atoms with Crippen molar-refractivity contribution in [1.29, 1.82) is 0 Å². The van der Waals surface area contributed by atoms with E-state index in [9.17, 15) is 13.2 Å². The maximum atomic E-state index is 12.4. The third-order valence-electron chi connectivity index (χ3n) is 3.52. The molecule has 27 heavy (non-hydrogen) atoms. The topological polar surface area (TPSA) is 93.7 Å². The lowest BCUT2D eigenvalue weighted by Gasteiger charge is -2.17. The fraction of sp³-hybridized carbons (Fsp3) is 0.278. The van der Waals surface area contributed by atoms with Crippen molar-refractivity contribution < 1.29 is 22.7 Å². The summed E-state index contributed by atoms with van der Waals surface area (Å²) in [7, 11) is -2.07. The van der Waals surface area contributed by atoms with Crippen molar-refractivity contribution in [2.75, 3.05) is 23.4 Å². The second-order valence-electron chi connectivity index (χ2n) is 5.97. The van der Waals surface area contributed by atoms with Crippen LogP contribution >= 0.6 is 15.9 Å². The molecular formula is C18H21BrN2O5S. The fourth-order valence-corrected chi connectivity index (χ4v) is 3.40. The van der Waals surface area contributed by atoms with Gasteiger partial charge in [0.15, 0.2) is 6.10 Å². The molecule has 1 amide bonds. The van der Waals surface area contributed by atoms with Crippen molar-refractivity contribution in [1.82, 2.24) is 0 Å². The van der Waals surface area contributed by atoms with Crippen LogP contribution in [-0.4, -0.2) is 33.8 Å². The maximum Gasteiger partial charge on any atom is 0.265 e. The summed E-state index contributed by atoms with van der Waals surface area (Å²) in [5.74, 6) is 0.515. The first-order valence-electron chi connectivity index (χ1n) is 7.98. The normalized spacial score (nSPS) is 12.2. The number of methoxy groups -OCH3 is 1. The average Bonchev–Trinajstić information content (AvgIpc) is 2.56. The van der Waals surface area contributed by atoms with E-state index in [1.165, 1.54) is 13.2 Å². The van der Waals surface area contributed by atoms with Crippen LogP contribution in [0.25, 0.3) is 0 Å². The number of sulfonamides is 1. The SMILES string of the molecule is COc1ccc(NC(=O)C(C)Oc2ccc(C)cc2Br)cc1NS(C)(=O)=O. The number of hydrogen-bond donors (Lipinski definition) is 2. The molecule has 0 aliphatic rings. The Morgan fingerprint density at radius 3 is 2.41 bits per heavy atom. The molecule has 2 rings (SSSR count). The lowest BCUT2D eigenvalue weighted by Crippen LogP contribution is -2.30. The van der Waals surface area contributed by atoms with Crippen LogP contribution in [0.3, 0.4) is 0 Å². The van der Waals surface area contributed by atoms with Gasteiger partial charge in [0.2, 0.25) is 10.0 Å². The minimum absolute atomic E-state index is 0.229. The second kappa shape index (κ2) is 8.62. The highest BCUT2D eigenvalue weighted by atomic mass is 79.9. The molecule has 0 aromatic heterocycles. The molecule has 7 nitrogen and oxygen atoms in total. The molecule has 0 radical (unpaired) electrons. The minimum Gasteiger partial charge on any atom is -0.495 e. The minimum atomic E-state index is -3.49. The predicted molar refractivity (Wildman–Crippen MR) is 109 cm³/mol. The molecule has 0 fully saturated rings. The molecule has 0 bridgehead atoms. The Hall–Kier alpha value is -2.26. The van der Waals surface area contributed by atoms with Crippen molar-refractivity contribution in [3.8, 4) is 11.5 Å².